The van der Waals surface area contributed by atoms with E-state index in [0.717, 1.165) is 18.7 Å². The second kappa shape index (κ2) is 7.05. The van der Waals surface area contributed by atoms with E-state index in [4.69, 9.17) is 4.98 Å². The minimum absolute atomic E-state index is 0.0392. The van der Waals surface area contributed by atoms with Crippen LogP contribution in [0.25, 0.3) is 11.7 Å². The summed E-state index contributed by atoms with van der Waals surface area (Å²) in [5.41, 5.74) is 3.44. The fourth-order valence-electron chi connectivity index (χ4n) is 3.61. The van der Waals surface area contributed by atoms with Gasteiger partial charge in [-0.2, -0.15) is 9.61 Å². The van der Waals surface area contributed by atoms with Crippen LogP contribution in [-0.4, -0.2) is 32.5 Å². The molecule has 2 aliphatic rings. The summed E-state index contributed by atoms with van der Waals surface area (Å²) in [5.74, 6) is -0.161. The highest BCUT2D eigenvalue weighted by molar-refractivity contribution is 6.15. The molecule has 1 aliphatic heterocycles. The maximum Gasteiger partial charge on any atom is 0.254 e. The molecule has 2 aromatic heterocycles. The standard InChI is InChI=1S/C22H20FN5O2/c1-12-3-2-4-13(20(12)23)8-17-10-18(25-16-5-6-16)28-21(26-17)15(11-24-28)7-14-9-19(29)27-22(14)30/h2-4,7,10-11,16,25H,5-6,8-9H2,1H3,(H,27,29,30)/b14-7+. The van der Waals surface area contributed by atoms with Crippen LogP contribution >= 0.6 is 0 Å². The number of benzene rings is 1. The first-order valence-electron chi connectivity index (χ1n) is 9.91. The lowest BCUT2D eigenvalue weighted by Crippen LogP contribution is -2.19. The number of nitrogens with one attached hydrogen (secondary N) is 2. The lowest BCUT2D eigenvalue weighted by atomic mass is 10.1. The van der Waals surface area contributed by atoms with Gasteiger partial charge < -0.3 is 5.32 Å². The Labute approximate surface area is 172 Å². The normalized spacial score (nSPS) is 17.7. The molecule has 2 fully saturated rings. The Kier molecular flexibility index (Phi) is 4.34. The molecule has 0 spiro atoms. The van der Waals surface area contributed by atoms with Crippen LogP contribution in [0.15, 0.2) is 36.0 Å². The molecular formula is C22H20FN5O2. The summed E-state index contributed by atoms with van der Waals surface area (Å²) >= 11 is 0. The Morgan fingerprint density at radius 2 is 2.17 bits per heavy atom. The Morgan fingerprint density at radius 1 is 1.33 bits per heavy atom. The van der Waals surface area contributed by atoms with Gasteiger partial charge in [0.1, 0.15) is 11.6 Å². The van der Waals surface area contributed by atoms with Crippen LogP contribution in [0, 0.1) is 12.7 Å². The number of aryl methyl sites for hydroxylation is 1. The highest BCUT2D eigenvalue weighted by atomic mass is 19.1. The zero-order chi connectivity index (χ0) is 20.8. The molecular weight excluding hydrogens is 385 g/mol. The number of hydrogen-bond acceptors (Lipinski definition) is 5. The number of imide groups is 1. The van der Waals surface area contributed by atoms with Gasteiger partial charge >= 0.3 is 0 Å². The van der Waals surface area contributed by atoms with Crippen molar-refractivity contribution < 1.29 is 14.0 Å². The molecule has 2 N–H and O–H groups in total. The zero-order valence-electron chi connectivity index (χ0n) is 16.4. The Hall–Kier alpha value is -3.55. The van der Waals surface area contributed by atoms with Crippen LogP contribution in [0.5, 0.6) is 0 Å². The molecule has 0 radical (unpaired) electrons. The van der Waals surface area contributed by atoms with Gasteiger partial charge in [0.05, 0.1) is 18.3 Å². The average Bonchev–Trinajstić information content (AvgIpc) is 3.34. The molecule has 3 heterocycles. The molecule has 7 nitrogen and oxygen atoms in total. The van der Waals surface area contributed by atoms with Crippen molar-refractivity contribution >= 4 is 29.4 Å². The summed E-state index contributed by atoms with van der Waals surface area (Å²) in [6.07, 6.45) is 5.83. The molecule has 5 rings (SSSR count). The van der Waals surface area contributed by atoms with E-state index in [-0.39, 0.29) is 18.1 Å². The molecule has 0 bridgehead atoms. The number of fused-ring (bicyclic) bond motifs is 1. The number of carbonyl (C=O) groups is 2. The van der Waals surface area contributed by atoms with Gasteiger partial charge in [-0.05, 0) is 37.0 Å². The van der Waals surface area contributed by atoms with E-state index in [9.17, 15) is 14.0 Å². The zero-order valence-corrected chi connectivity index (χ0v) is 16.4. The first-order valence-corrected chi connectivity index (χ1v) is 9.91. The van der Waals surface area contributed by atoms with Gasteiger partial charge in [0.25, 0.3) is 5.91 Å². The van der Waals surface area contributed by atoms with Crippen molar-refractivity contribution in [2.75, 3.05) is 5.32 Å². The van der Waals surface area contributed by atoms with Crippen molar-refractivity contribution in [1.82, 2.24) is 19.9 Å². The van der Waals surface area contributed by atoms with E-state index in [0.29, 0.717) is 46.1 Å². The maximum absolute atomic E-state index is 14.5. The van der Waals surface area contributed by atoms with Gasteiger partial charge in [-0.15, -0.1) is 0 Å². The maximum atomic E-state index is 14.5. The third-order valence-corrected chi connectivity index (χ3v) is 5.35. The quantitative estimate of drug-likeness (QED) is 0.503. The smallest absolute Gasteiger partial charge is 0.254 e. The Bertz CT molecular complexity index is 1230. The van der Waals surface area contributed by atoms with E-state index in [2.05, 4.69) is 15.7 Å². The number of carbonyl (C=O) groups excluding carboxylic acids is 2. The molecule has 3 aromatic rings. The van der Waals surface area contributed by atoms with Crippen molar-refractivity contribution in [3.05, 3.63) is 64.2 Å². The van der Waals surface area contributed by atoms with E-state index >= 15 is 0 Å². The topological polar surface area (TPSA) is 88.4 Å². The lowest BCUT2D eigenvalue weighted by Gasteiger charge is -2.11. The van der Waals surface area contributed by atoms with Gasteiger partial charge in [0, 0.05) is 29.7 Å². The van der Waals surface area contributed by atoms with Gasteiger partial charge in [-0.3, -0.25) is 14.9 Å². The second-order valence-electron chi connectivity index (χ2n) is 7.84. The number of aromatic nitrogens is 3. The number of nitrogens with zero attached hydrogens (tertiary/aromatic N) is 3. The first-order chi connectivity index (χ1) is 14.5. The van der Waals surface area contributed by atoms with Gasteiger partial charge in [0.2, 0.25) is 5.91 Å². The molecule has 1 saturated carbocycles. The van der Waals surface area contributed by atoms with E-state index in [1.165, 1.54) is 0 Å². The van der Waals surface area contributed by atoms with Crippen molar-refractivity contribution in [2.24, 2.45) is 0 Å². The first kappa shape index (κ1) is 18.5. The summed E-state index contributed by atoms with van der Waals surface area (Å²) in [7, 11) is 0. The van der Waals surface area contributed by atoms with E-state index in [1.807, 2.05) is 12.1 Å². The highest BCUT2D eigenvalue weighted by Gasteiger charge is 2.26. The largest absolute Gasteiger partial charge is 0.367 e. The summed E-state index contributed by atoms with van der Waals surface area (Å²) in [5, 5.41) is 10.1. The molecule has 8 heteroatoms. The average molecular weight is 405 g/mol. The number of halogens is 1. The van der Waals surface area contributed by atoms with Crippen LogP contribution in [-0.2, 0) is 16.0 Å². The van der Waals surface area contributed by atoms with Crippen LogP contribution in [0.2, 0.25) is 0 Å². The lowest BCUT2D eigenvalue weighted by molar-refractivity contribution is -0.124. The second-order valence-corrected chi connectivity index (χ2v) is 7.84. The summed E-state index contributed by atoms with van der Waals surface area (Å²) < 4.78 is 16.2. The third kappa shape index (κ3) is 3.45. The van der Waals surface area contributed by atoms with Crippen molar-refractivity contribution in [3.8, 4) is 0 Å². The van der Waals surface area contributed by atoms with Crippen LogP contribution in [0.3, 0.4) is 0 Å². The van der Waals surface area contributed by atoms with Gasteiger partial charge in [0.15, 0.2) is 5.65 Å². The van der Waals surface area contributed by atoms with Crippen molar-refractivity contribution in [2.45, 2.75) is 38.6 Å². The number of hydrogen-bond donors (Lipinski definition) is 2. The molecule has 0 unspecified atom stereocenters. The fraction of sp³-hybridized carbons (Fsp3) is 0.273. The monoisotopic (exact) mass is 405 g/mol. The van der Waals surface area contributed by atoms with E-state index < -0.39 is 5.91 Å². The van der Waals surface area contributed by atoms with E-state index in [1.54, 1.807) is 35.8 Å². The molecule has 152 valence electrons. The summed E-state index contributed by atoms with van der Waals surface area (Å²) in [6, 6.07) is 7.62. The number of anilines is 1. The van der Waals surface area contributed by atoms with Gasteiger partial charge in [-0.1, -0.05) is 18.2 Å². The van der Waals surface area contributed by atoms with Gasteiger partial charge in [-0.25, -0.2) is 9.37 Å². The number of rotatable bonds is 5. The third-order valence-electron chi connectivity index (χ3n) is 5.35. The predicted octanol–water partition coefficient (Wildman–Crippen LogP) is 2.77. The van der Waals surface area contributed by atoms with Crippen LogP contribution < -0.4 is 10.6 Å². The number of amides is 2. The van der Waals surface area contributed by atoms with Crippen molar-refractivity contribution in [3.63, 3.8) is 0 Å². The molecule has 1 aromatic carbocycles. The van der Waals surface area contributed by atoms with Crippen LogP contribution in [0.1, 0.15) is 41.6 Å². The summed E-state index contributed by atoms with van der Waals surface area (Å²) in [4.78, 5) is 28.2. The highest BCUT2D eigenvalue weighted by Crippen LogP contribution is 2.28. The summed E-state index contributed by atoms with van der Waals surface area (Å²) in [6.45, 7) is 1.74. The Morgan fingerprint density at radius 3 is 2.90 bits per heavy atom. The van der Waals surface area contributed by atoms with Crippen LogP contribution in [0.4, 0.5) is 10.2 Å². The molecule has 2 amide bonds. The molecule has 1 aliphatic carbocycles. The SMILES string of the molecule is Cc1cccc(Cc2cc(NC3CC3)n3ncc(/C=C4\CC(=O)NC4=O)c3n2)c1F. The fourth-order valence-corrected chi connectivity index (χ4v) is 3.61. The minimum Gasteiger partial charge on any atom is -0.367 e. The minimum atomic E-state index is -0.395. The molecule has 30 heavy (non-hydrogen) atoms. The molecule has 0 atom stereocenters. The predicted molar refractivity (Wildman–Crippen MR) is 109 cm³/mol. The Balaban J connectivity index is 1.59. The molecule has 1 saturated heterocycles. The van der Waals surface area contributed by atoms with Crippen molar-refractivity contribution in [1.29, 1.82) is 0 Å².